The van der Waals surface area contributed by atoms with Gasteiger partial charge in [0.15, 0.2) is 0 Å². The number of H-pyrrole nitrogens is 1. The fourth-order valence-electron chi connectivity index (χ4n) is 4.03. The van der Waals surface area contributed by atoms with Crippen molar-refractivity contribution in [3.05, 3.63) is 113 Å². The zero-order valence-electron chi connectivity index (χ0n) is 18.3. The van der Waals surface area contributed by atoms with Gasteiger partial charge in [-0.25, -0.2) is 14.5 Å². The third-order valence-electron chi connectivity index (χ3n) is 5.72. The van der Waals surface area contributed by atoms with Gasteiger partial charge < -0.3 is 9.40 Å². The first-order chi connectivity index (χ1) is 17.2. The second-order valence-electron chi connectivity index (χ2n) is 7.97. The number of fused-ring (bicyclic) bond motifs is 2. The fraction of sp³-hybridized carbons (Fsp3) is 0. The van der Waals surface area contributed by atoms with Crippen molar-refractivity contribution in [1.29, 1.82) is 5.26 Å². The number of nitrogens with one attached hydrogen (secondary N) is 1. The van der Waals surface area contributed by atoms with Crippen molar-refractivity contribution in [2.75, 3.05) is 0 Å². The van der Waals surface area contributed by atoms with E-state index >= 15 is 0 Å². The second-order valence-corrected chi connectivity index (χ2v) is 7.97. The first kappa shape index (κ1) is 20.4. The lowest BCUT2D eigenvalue weighted by Crippen LogP contribution is -2.04. The van der Waals surface area contributed by atoms with Gasteiger partial charge in [-0.3, -0.25) is 0 Å². The highest BCUT2D eigenvalue weighted by Crippen LogP contribution is 2.28. The molecule has 0 atom stereocenters. The molecule has 0 aliphatic heterocycles. The molecule has 0 saturated heterocycles. The van der Waals surface area contributed by atoms with Gasteiger partial charge in [-0.2, -0.15) is 10.4 Å². The Kier molecular flexibility index (Phi) is 4.83. The van der Waals surface area contributed by atoms with Crippen LogP contribution in [0.3, 0.4) is 0 Å². The summed E-state index contributed by atoms with van der Waals surface area (Å²) in [7, 11) is 0. The van der Waals surface area contributed by atoms with Crippen LogP contribution in [-0.2, 0) is 0 Å². The Morgan fingerprint density at radius 2 is 1.77 bits per heavy atom. The van der Waals surface area contributed by atoms with Crippen molar-refractivity contribution >= 4 is 33.7 Å². The van der Waals surface area contributed by atoms with Crippen LogP contribution in [0.4, 0.5) is 0 Å². The van der Waals surface area contributed by atoms with Gasteiger partial charge in [-0.15, -0.1) is 0 Å². The lowest BCUT2D eigenvalue weighted by molar-refractivity contribution is 0.563. The first-order valence-corrected chi connectivity index (χ1v) is 10.9. The van der Waals surface area contributed by atoms with Gasteiger partial charge in [0.05, 0.1) is 27.9 Å². The lowest BCUT2D eigenvalue weighted by Gasteiger charge is -2.02. The Labute approximate surface area is 199 Å². The van der Waals surface area contributed by atoms with Crippen LogP contribution in [0.15, 0.2) is 100 Å². The number of benzene rings is 3. The Balaban J connectivity index is 1.57. The molecule has 0 amide bonds. The summed E-state index contributed by atoms with van der Waals surface area (Å²) in [6.07, 6.45) is 3.48. The fourth-order valence-corrected chi connectivity index (χ4v) is 4.03. The summed E-state index contributed by atoms with van der Waals surface area (Å²) in [5.74, 6) is 0.442. The number of aromatic nitrogens is 4. The number of rotatable bonds is 4. The van der Waals surface area contributed by atoms with Gasteiger partial charge >= 0.3 is 5.63 Å². The number of para-hydroxylation sites is 4. The first-order valence-electron chi connectivity index (χ1n) is 10.9. The number of nitriles is 1. The minimum absolute atomic E-state index is 0.312. The summed E-state index contributed by atoms with van der Waals surface area (Å²) < 4.78 is 7.25. The summed E-state index contributed by atoms with van der Waals surface area (Å²) in [4.78, 5) is 20.7. The number of aromatic amines is 1. The van der Waals surface area contributed by atoms with E-state index in [1.807, 2.05) is 72.8 Å². The summed E-state index contributed by atoms with van der Waals surface area (Å²) in [6.45, 7) is 0. The van der Waals surface area contributed by atoms with Crippen LogP contribution in [0.2, 0.25) is 0 Å². The number of nitrogens with zero attached hydrogens (tertiary/aromatic N) is 4. The predicted octanol–water partition coefficient (Wildman–Crippen LogP) is 5.59. The van der Waals surface area contributed by atoms with Gasteiger partial charge in [0.2, 0.25) is 0 Å². The highest BCUT2D eigenvalue weighted by atomic mass is 16.4. The van der Waals surface area contributed by atoms with Gasteiger partial charge in [0.25, 0.3) is 0 Å². The monoisotopic (exact) mass is 455 g/mol. The van der Waals surface area contributed by atoms with Gasteiger partial charge in [-0.1, -0.05) is 48.5 Å². The third-order valence-corrected chi connectivity index (χ3v) is 5.72. The quantitative estimate of drug-likeness (QED) is 0.276. The summed E-state index contributed by atoms with van der Waals surface area (Å²) in [5, 5.41) is 15.5. The van der Waals surface area contributed by atoms with Gasteiger partial charge in [0.1, 0.15) is 23.2 Å². The van der Waals surface area contributed by atoms with Crippen molar-refractivity contribution < 1.29 is 4.42 Å². The van der Waals surface area contributed by atoms with Gasteiger partial charge in [-0.05, 0) is 42.5 Å². The molecule has 0 saturated carbocycles. The van der Waals surface area contributed by atoms with E-state index in [1.54, 1.807) is 29.1 Å². The number of hydrogen-bond donors (Lipinski definition) is 1. The predicted molar refractivity (Wildman–Crippen MR) is 135 cm³/mol. The Morgan fingerprint density at radius 3 is 2.60 bits per heavy atom. The molecule has 0 bridgehead atoms. The van der Waals surface area contributed by atoms with Crippen molar-refractivity contribution in [3.8, 4) is 23.0 Å². The van der Waals surface area contributed by atoms with Crippen LogP contribution < -0.4 is 5.63 Å². The molecule has 0 spiro atoms. The lowest BCUT2D eigenvalue weighted by atomic mass is 10.1. The Hall–Kier alpha value is -5.22. The average molecular weight is 455 g/mol. The zero-order valence-corrected chi connectivity index (χ0v) is 18.3. The molecule has 0 aliphatic rings. The molecular weight excluding hydrogens is 438 g/mol. The molecule has 6 rings (SSSR count). The van der Waals surface area contributed by atoms with E-state index < -0.39 is 5.63 Å². The van der Waals surface area contributed by atoms with Crippen LogP contribution in [0.5, 0.6) is 0 Å². The number of allylic oxidation sites excluding steroid dienone is 1. The Morgan fingerprint density at radius 1 is 1.00 bits per heavy atom. The molecule has 3 aromatic carbocycles. The van der Waals surface area contributed by atoms with Crippen molar-refractivity contribution in [2.24, 2.45) is 0 Å². The summed E-state index contributed by atoms with van der Waals surface area (Å²) in [6, 6.07) is 28.5. The largest absolute Gasteiger partial charge is 0.422 e. The SMILES string of the molecule is N#CC(=Cc1cn(-c2ccccc2)nc1-c1cc2ccccc2oc1=O)c1nc2ccccc2[nH]1. The normalized spacial score (nSPS) is 11.7. The standard InChI is InChI=1S/C28H17N5O2/c29-16-19(27-30-23-11-5-6-12-24(23)31-27)14-20-17-33(21-9-2-1-3-10-21)32-26(20)22-15-18-8-4-7-13-25(18)35-28(22)34/h1-15,17H,(H,30,31). The smallest absolute Gasteiger partial charge is 0.345 e. The molecule has 0 aliphatic carbocycles. The van der Waals surface area contributed by atoms with Crippen LogP contribution in [0.1, 0.15) is 11.4 Å². The highest BCUT2D eigenvalue weighted by Gasteiger charge is 2.18. The van der Waals surface area contributed by atoms with E-state index in [1.165, 1.54) is 0 Å². The summed E-state index contributed by atoms with van der Waals surface area (Å²) in [5.41, 5.74) is 4.05. The molecule has 35 heavy (non-hydrogen) atoms. The molecule has 7 heteroatoms. The van der Waals surface area contributed by atoms with E-state index in [2.05, 4.69) is 16.0 Å². The topological polar surface area (TPSA) is 100 Å². The van der Waals surface area contributed by atoms with E-state index in [0.717, 1.165) is 22.1 Å². The van der Waals surface area contributed by atoms with E-state index in [4.69, 9.17) is 9.52 Å². The second kappa shape index (κ2) is 8.28. The number of hydrogen-bond acceptors (Lipinski definition) is 5. The molecule has 0 unspecified atom stereocenters. The zero-order chi connectivity index (χ0) is 23.8. The maximum absolute atomic E-state index is 13.0. The van der Waals surface area contributed by atoms with Crippen molar-refractivity contribution in [3.63, 3.8) is 0 Å². The van der Waals surface area contributed by atoms with E-state index in [9.17, 15) is 10.1 Å². The van der Waals surface area contributed by atoms with Crippen molar-refractivity contribution in [1.82, 2.24) is 19.7 Å². The molecular formula is C28H17N5O2. The van der Waals surface area contributed by atoms with E-state index in [-0.39, 0.29) is 0 Å². The molecule has 0 fully saturated rings. The molecule has 3 aromatic heterocycles. The molecule has 7 nitrogen and oxygen atoms in total. The van der Waals surface area contributed by atoms with E-state index in [0.29, 0.717) is 33.8 Å². The van der Waals surface area contributed by atoms with Gasteiger partial charge in [0, 0.05) is 17.1 Å². The maximum Gasteiger partial charge on any atom is 0.345 e. The molecule has 6 aromatic rings. The molecule has 166 valence electrons. The van der Waals surface area contributed by atoms with Crippen molar-refractivity contribution in [2.45, 2.75) is 0 Å². The third kappa shape index (κ3) is 3.69. The van der Waals surface area contributed by atoms with Crippen LogP contribution in [0.25, 0.3) is 50.6 Å². The minimum atomic E-state index is -0.501. The van der Waals surface area contributed by atoms with Crippen LogP contribution >= 0.6 is 0 Å². The highest BCUT2D eigenvalue weighted by molar-refractivity contribution is 5.93. The molecule has 0 radical (unpaired) electrons. The average Bonchev–Trinajstić information content (AvgIpc) is 3.52. The molecule has 1 N–H and O–H groups in total. The minimum Gasteiger partial charge on any atom is -0.422 e. The molecule has 3 heterocycles. The Bertz CT molecular complexity index is 1800. The number of imidazole rings is 1. The van der Waals surface area contributed by atoms with Crippen LogP contribution in [0, 0.1) is 11.3 Å². The summed E-state index contributed by atoms with van der Waals surface area (Å²) >= 11 is 0. The maximum atomic E-state index is 13.0. The van der Waals surface area contributed by atoms with Crippen LogP contribution in [-0.4, -0.2) is 19.7 Å².